The number of benzene rings is 1. The Bertz CT molecular complexity index is 1200. The Morgan fingerprint density at radius 3 is 2.52 bits per heavy atom. The number of amides is 1. The van der Waals surface area contributed by atoms with Crippen molar-refractivity contribution in [3.63, 3.8) is 0 Å². The van der Waals surface area contributed by atoms with Gasteiger partial charge < -0.3 is 20.1 Å². The van der Waals surface area contributed by atoms with Crippen LogP contribution in [0, 0.1) is 11.6 Å². The van der Waals surface area contributed by atoms with Crippen LogP contribution in [-0.2, 0) is 21.2 Å². The number of piperidine rings is 1. The number of anilines is 1. The Morgan fingerprint density at radius 2 is 1.88 bits per heavy atom. The van der Waals surface area contributed by atoms with E-state index in [4.69, 9.17) is 5.73 Å². The van der Waals surface area contributed by atoms with Gasteiger partial charge in [-0.1, -0.05) is 0 Å². The molecule has 12 heteroatoms. The van der Waals surface area contributed by atoms with Gasteiger partial charge in [-0.05, 0) is 25.7 Å². The first-order valence-electron chi connectivity index (χ1n) is 11.1. The smallest absolute Gasteiger partial charge is 0.243 e. The summed E-state index contributed by atoms with van der Waals surface area (Å²) in [5.74, 6) is -2.14. The molecule has 0 radical (unpaired) electrons. The highest BCUT2D eigenvalue weighted by Crippen LogP contribution is 2.34. The van der Waals surface area contributed by atoms with Crippen LogP contribution in [-0.4, -0.2) is 77.7 Å². The summed E-state index contributed by atoms with van der Waals surface area (Å²) < 4.78 is 67.4. The fourth-order valence-electron chi connectivity index (χ4n) is 4.91. The van der Waals surface area contributed by atoms with Crippen molar-refractivity contribution >= 4 is 32.7 Å². The molecule has 0 spiro atoms. The summed E-state index contributed by atoms with van der Waals surface area (Å²) in [4.78, 5) is 21.3. The normalized spacial score (nSPS) is 27.3. The van der Waals surface area contributed by atoms with Crippen LogP contribution in [0.1, 0.15) is 25.7 Å². The standard InChI is InChI=1S/C21H26F3N5O3S/c22-14-3-5-27(9-17(14)25)21-26-18-7-15(23)16(24)8-19(18)28(21)10-20(30)29(12-1-2-12)13-4-6-33(31,32)11-13/h7-8,12-14,17H,1-6,9-11,25H2/t13?,14-,17-/m1/s1. The minimum Gasteiger partial charge on any atom is -0.340 e. The molecule has 2 saturated heterocycles. The summed E-state index contributed by atoms with van der Waals surface area (Å²) >= 11 is 0. The Labute approximate surface area is 189 Å². The number of fused-ring (bicyclic) bond motifs is 1. The highest BCUT2D eigenvalue weighted by atomic mass is 32.2. The van der Waals surface area contributed by atoms with Gasteiger partial charge in [-0.25, -0.2) is 26.6 Å². The lowest BCUT2D eigenvalue weighted by molar-refractivity contribution is -0.134. The van der Waals surface area contributed by atoms with E-state index < -0.39 is 39.7 Å². The Balaban J connectivity index is 1.50. The van der Waals surface area contributed by atoms with Gasteiger partial charge in [-0.15, -0.1) is 0 Å². The van der Waals surface area contributed by atoms with Crippen molar-refractivity contribution in [2.75, 3.05) is 29.5 Å². The predicted molar refractivity (Wildman–Crippen MR) is 116 cm³/mol. The highest BCUT2D eigenvalue weighted by Gasteiger charge is 2.42. The number of nitrogens with two attached hydrogens (primary N) is 1. The summed E-state index contributed by atoms with van der Waals surface area (Å²) in [6, 6.07) is 0.816. The maximum atomic E-state index is 14.1. The molecule has 5 rings (SSSR count). The molecule has 2 N–H and O–H groups in total. The Hall–Kier alpha value is -2.34. The molecule has 3 fully saturated rings. The summed E-state index contributed by atoms with van der Waals surface area (Å²) in [6.45, 7) is 0.232. The number of aromatic nitrogens is 2. The first-order valence-corrected chi connectivity index (χ1v) is 13.0. The molecule has 1 unspecified atom stereocenters. The van der Waals surface area contributed by atoms with Crippen LogP contribution in [0.5, 0.6) is 0 Å². The van der Waals surface area contributed by atoms with Crippen LogP contribution < -0.4 is 10.6 Å². The van der Waals surface area contributed by atoms with Gasteiger partial charge in [-0.2, -0.15) is 0 Å². The zero-order valence-corrected chi connectivity index (χ0v) is 18.8. The quantitative estimate of drug-likeness (QED) is 0.687. The Morgan fingerprint density at radius 1 is 1.15 bits per heavy atom. The maximum Gasteiger partial charge on any atom is 0.243 e. The van der Waals surface area contributed by atoms with E-state index in [0.29, 0.717) is 18.9 Å². The van der Waals surface area contributed by atoms with Gasteiger partial charge in [0.05, 0.1) is 28.6 Å². The molecule has 1 saturated carbocycles. The lowest BCUT2D eigenvalue weighted by Gasteiger charge is -2.34. The minimum atomic E-state index is -3.19. The van der Waals surface area contributed by atoms with E-state index in [1.54, 1.807) is 9.80 Å². The van der Waals surface area contributed by atoms with E-state index in [-0.39, 0.29) is 54.0 Å². The van der Waals surface area contributed by atoms with Crippen molar-refractivity contribution in [2.24, 2.45) is 5.73 Å². The zero-order valence-electron chi connectivity index (χ0n) is 18.0. The van der Waals surface area contributed by atoms with E-state index in [9.17, 15) is 26.4 Å². The van der Waals surface area contributed by atoms with E-state index in [1.807, 2.05) is 0 Å². The van der Waals surface area contributed by atoms with Crippen molar-refractivity contribution < 1.29 is 26.4 Å². The topological polar surface area (TPSA) is 102 Å². The van der Waals surface area contributed by atoms with E-state index in [2.05, 4.69) is 4.98 Å². The second-order valence-electron chi connectivity index (χ2n) is 9.26. The third kappa shape index (κ3) is 4.30. The highest BCUT2D eigenvalue weighted by molar-refractivity contribution is 7.91. The number of nitrogens with zero attached hydrogens (tertiary/aromatic N) is 4. The molecule has 3 aliphatic rings. The third-order valence-electron chi connectivity index (χ3n) is 6.75. The number of hydrogen-bond acceptors (Lipinski definition) is 6. The lowest BCUT2D eigenvalue weighted by Crippen LogP contribution is -2.50. The zero-order chi connectivity index (χ0) is 23.5. The largest absolute Gasteiger partial charge is 0.340 e. The first kappa shape index (κ1) is 22.5. The van der Waals surface area contributed by atoms with Gasteiger partial charge in [-0.3, -0.25) is 4.79 Å². The van der Waals surface area contributed by atoms with Gasteiger partial charge in [0, 0.05) is 37.3 Å². The summed E-state index contributed by atoms with van der Waals surface area (Å²) in [5.41, 5.74) is 6.31. The Kier molecular flexibility index (Phi) is 5.55. The van der Waals surface area contributed by atoms with Crippen molar-refractivity contribution in [1.82, 2.24) is 14.5 Å². The molecule has 1 aromatic heterocycles. The van der Waals surface area contributed by atoms with Gasteiger partial charge >= 0.3 is 0 Å². The van der Waals surface area contributed by atoms with Crippen molar-refractivity contribution in [1.29, 1.82) is 0 Å². The maximum absolute atomic E-state index is 14.1. The van der Waals surface area contributed by atoms with Crippen LogP contribution in [0.3, 0.4) is 0 Å². The SMILES string of the molecule is N[C@@H]1CN(c2nc3cc(F)c(F)cc3n2CC(=O)N(C2CC2)C2CCS(=O)(=O)C2)CC[C@H]1F. The average molecular weight is 486 g/mol. The molecule has 8 nitrogen and oxygen atoms in total. The number of carbonyl (C=O) groups excluding carboxylic acids is 1. The molecular weight excluding hydrogens is 459 g/mol. The molecule has 2 aliphatic heterocycles. The van der Waals surface area contributed by atoms with Crippen molar-refractivity contribution in [3.8, 4) is 0 Å². The van der Waals surface area contributed by atoms with Gasteiger partial charge in [0.1, 0.15) is 12.7 Å². The molecule has 180 valence electrons. The number of imidazole rings is 1. The fraction of sp³-hybridized carbons (Fsp3) is 0.619. The van der Waals surface area contributed by atoms with Gasteiger partial charge in [0.25, 0.3) is 0 Å². The molecule has 1 aliphatic carbocycles. The summed E-state index contributed by atoms with van der Waals surface area (Å²) in [7, 11) is -3.19. The molecule has 1 amide bonds. The van der Waals surface area contributed by atoms with Crippen LogP contribution in [0.25, 0.3) is 11.0 Å². The number of alkyl halides is 1. The predicted octanol–water partition coefficient (Wildman–Crippen LogP) is 1.37. The third-order valence-corrected chi connectivity index (χ3v) is 8.50. The molecule has 3 heterocycles. The molecular formula is C21H26F3N5O3S. The summed E-state index contributed by atoms with van der Waals surface area (Å²) in [6.07, 6.45) is 1.01. The van der Waals surface area contributed by atoms with Crippen LogP contribution >= 0.6 is 0 Å². The first-order chi connectivity index (χ1) is 15.6. The van der Waals surface area contributed by atoms with Crippen LogP contribution in [0.2, 0.25) is 0 Å². The van der Waals surface area contributed by atoms with Crippen molar-refractivity contribution in [3.05, 3.63) is 23.8 Å². The van der Waals surface area contributed by atoms with Crippen molar-refractivity contribution in [2.45, 2.75) is 56.5 Å². The average Bonchev–Trinajstić information content (AvgIpc) is 3.43. The second-order valence-corrected chi connectivity index (χ2v) is 11.5. The molecule has 33 heavy (non-hydrogen) atoms. The second kappa shape index (κ2) is 8.15. The van der Waals surface area contributed by atoms with Crippen LogP contribution in [0.15, 0.2) is 12.1 Å². The number of hydrogen-bond donors (Lipinski definition) is 1. The lowest BCUT2D eigenvalue weighted by atomic mass is 10.1. The molecule has 1 aromatic carbocycles. The molecule has 0 bridgehead atoms. The van der Waals surface area contributed by atoms with Gasteiger partial charge in [0.15, 0.2) is 21.5 Å². The fourth-order valence-corrected chi connectivity index (χ4v) is 6.62. The number of rotatable bonds is 5. The number of sulfone groups is 1. The van der Waals surface area contributed by atoms with E-state index in [0.717, 1.165) is 25.0 Å². The molecule has 2 aromatic rings. The monoisotopic (exact) mass is 485 g/mol. The number of carbonyl (C=O) groups is 1. The van der Waals surface area contributed by atoms with Gasteiger partial charge in [0.2, 0.25) is 11.9 Å². The minimum absolute atomic E-state index is 0.0149. The summed E-state index contributed by atoms with van der Waals surface area (Å²) in [5, 5.41) is 0. The number of halogens is 3. The molecule has 3 atom stereocenters. The van der Waals surface area contributed by atoms with Crippen LogP contribution in [0.4, 0.5) is 19.1 Å². The van der Waals surface area contributed by atoms with E-state index >= 15 is 0 Å². The van der Waals surface area contributed by atoms with E-state index in [1.165, 1.54) is 4.57 Å².